The lowest BCUT2D eigenvalue weighted by molar-refractivity contribution is -0.128. The van der Waals surface area contributed by atoms with Gasteiger partial charge in [0.15, 0.2) is 5.78 Å². The summed E-state index contributed by atoms with van der Waals surface area (Å²) < 4.78 is 0. The van der Waals surface area contributed by atoms with E-state index in [9.17, 15) is 9.59 Å². The maximum absolute atomic E-state index is 12.8. The summed E-state index contributed by atoms with van der Waals surface area (Å²) in [6.07, 6.45) is 8.13. The summed E-state index contributed by atoms with van der Waals surface area (Å²) in [4.78, 5) is 24.6. The standard InChI is InChI=1S/C19H24N2O2/c1-12-10-16(22)18-15(14(12)4-3-9-20)6-5-13-11-21-17(23)7-8-19(13,18)2/h10-11,14-15,18H,3-8H2,1-2H3,(H,21,23)/t14-,15+,18-,19+/m1/s1. The predicted molar refractivity (Wildman–Crippen MR) is 86.9 cm³/mol. The van der Waals surface area contributed by atoms with Gasteiger partial charge in [-0.3, -0.25) is 9.59 Å². The average Bonchev–Trinajstić information content (AvgIpc) is 2.65. The minimum absolute atomic E-state index is 0.0423. The van der Waals surface area contributed by atoms with Crippen LogP contribution < -0.4 is 5.32 Å². The van der Waals surface area contributed by atoms with Gasteiger partial charge in [0.05, 0.1) is 6.07 Å². The van der Waals surface area contributed by atoms with Crippen molar-refractivity contribution in [2.24, 2.45) is 23.2 Å². The molecular weight excluding hydrogens is 288 g/mol. The van der Waals surface area contributed by atoms with Crippen molar-refractivity contribution in [1.82, 2.24) is 5.32 Å². The maximum Gasteiger partial charge on any atom is 0.223 e. The molecule has 0 aromatic rings. The second kappa shape index (κ2) is 5.96. The summed E-state index contributed by atoms with van der Waals surface area (Å²) in [5, 5.41) is 11.8. The largest absolute Gasteiger partial charge is 0.333 e. The normalized spacial score (nSPS) is 36.7. The van der Waals surface area contributed by atoms with Gasteiger partial charge in [0.25, 0.3) is 0 Å². The number of nitrogens with one attached hydrogen (secondary N) is 1. The Morgan fingerprint density at radius 1 is 1.39 bits per heavy atom. The van der Waals surface area contributed by atoms with Crippen molar-refractivity contribution < 1.29 is 9.59 Å². The van der Waals surface area contributed by atoms with E-state index < -0.39 is 0 Å². The molecule has 122 valence electrons. The number of ketones is 1. The number of fused-ring (bicyclic) bond motifs is 3. The smallest absolute Gasteiger partial charge is 0.223 e. The van der Waals surface area contributed by atoms with E-state index in [-0.39, 0.29) is 23.0 Å². The Morgan fingerprint density at radius 3 is 2.91 bits per heavy atom. The highest BCUT2D eigenvalue weighted by Crippen LogP contribution is 2.56. The van der Waals surface area contributed by atoms with Gasteiger partial charge in [0, 0.05) is 30.4 Å². The Bertz CT molecular complexity index is 640. The van der Waals surface area contributed by atoms with Gasteiger partial charge >= 0.3 is 0 Å². The van der Waals surface area contributed by atoms with Crippen LogP contribution in [0.1, 0.15) is 52.4 Å². The van der Waals surface area contributed by atoms with Gasteiger partial charge < -0.3 is 5.32 Å². The first kappa shape index (κ1) is 16.0. The molecule has 4 nitrogen and oxygen atoms in total. The number of carbonyl (C=O) groups excluding carboxylic acids is 2. The fourth-order valence-corrected chi connectivity index (χ4v) is 4.99. The second-order valence-electron chi connectivity index (χ2n) is 7.43. The number of allylic oxidation sites excluding steroid dienone is 3. The Labute approximate surface area is 137 Å². The molecule has 1 heterocycles. The fourth-order valence-electron chi connectivity index (χ4n) is 4.99. The van der Waals surface area contributed by atoms with Gasteiger partial charge in [0.1, 0.15) is 0 Å². The van der Waals surface area contributed by atoms with E-state index >= 15 is 0 Å². The first-order valence-corrected chi connectivity index (χ1v) is 8.55. The molecule has 1 saturated carbocycles. The van der Waals surface area contributed by atoms with Gasteiger partial charge in [-0.1, -0.05) is 12.5 Å². The molecule has 0 unspecified atom stereocenters. The summed E-state index contributed by atoms with van der Waals surface area (Å²) in [5.74, 6) is 0.824. The van der Waals surface area contributed by atoms with Crippen LogP contribution in [0.5, 0.6) is 0 Å². The minimum atomic E-state index is -0.235. The van der Waals surface area contributed by atoms with Crippen LogP contribution in [-0.4, -0.2) is 11.7 Å². The van der Waals surface area contributed by atoms with E-state index in [0.29, 0.717) is 24.7 Å². The molecule has 0 saturated heterocycles. The van der Waals surface area contributed by atoms with Crippen molar-refractivity contribution >= 4 is 11.7 Å². The van der Waals surface area contributed by atoms with E-state index in [1.54, 1.807) is 6.08 Å². The zero-order valence-corrected chi connectivity index (χ0v) is 13.9. The molecule has 3 aliphatic rings. The molecule has 2 aliphatic carbocycles. The molecule has 1 aliphatic heterocycles. The third-order valence-corrected chi connectivity index (χ3v) is 6.22. The SMILES string of the molecule is CC1=CC(=O)[C@H]2[C@@H](CCC3=CNC(=O)CC[C@@]32C)[C@@H]1CCC#N. The topological polar surface area (TPSA) is 70.0 Å². The summed E-state index contributed by atoms with van der Waals surface area (Å²) in [5.41, 5.74) is 2.11. The Hall–Kier alpha value is -1.89. The second-order valence-corrected chi connectivity index (χ2v) is 7.43. The number of hydrogen-bond donors (Lipinski definition) is 1. The quantitative estimate of drug-likeness (QED) is 0.850. The molecular formula is C19H24N2O2. The number of hydrogen-bond acceptors (Lipinski definition) is 3. The summed E-state index contributed by atoms with van der Waals surface area (Å²) in [6, 6.07) is 2.25. The number of nitrogens with zero attached hydrogens (tertiary/aromatic N) is 1. The van der Waals surface area contributed by atoms with E-state index in [1.807, 2.05) is 13.1 Å². The predicted octanol–water partition coefficient (Wildman–Crippen LogP) is 3.26. The van der Waals surface area contributed by atoms with E-state index in [4.69, 9.17) is 5.26 Å². The first-order valence-electron chi connectivity index (χ1n) is 8.55. The maximum atomic E-state index is 12.8. The zero-order valence-electron chi connectivity index (χ0n) is 13.9. The number of amides is 1. The molecule has 23 heavy (non-hydrogen) atoms. The average molecular weight is 312 g/mol. The molecule has 0 spiro atoms. The van der Waals surface area contributed by atoms with Crippen LogP contribution in [0.2, 0.25) is 0 Å². The van der Waals surface area contributed by atoms with Gasteiger partial charge in [-0.05, 0) is 56.1 Å². The molecule has 0 bridgehead atoms. The van der Waals surface area contributed by atoms with Gasteiger partial charge in [-0.15, -0.1) is 0 Å². The lowest BCUT2D eigenvalue weighted by Crippen LogP contribution is -2.48. The van der Waals surface area contributed by atoms with E-state index in [2.05, 4.69) is 18.3 Å². The van der Waals surface area contributed by atoms with Gasteiger partial charge in [-0.25, -0.2) is 0 Å². The highest BCUT2D eigenvalue weighted by molar-refractivity contribution is 5.95. The summed E-state index contributed by atoms with van der Waals surface area (Å²) in [7, 11) is 0. The first-order chi connectivity index (χ1) is 11.0. The lowest BCUT2D eigenvalue weighted by Gasteiger charge is -2.50. The molecule has 0 radical (unpaired) electrons. The summed E-state index contributed by atoms with van der Waals surface area (Å²) >= 11 is 0. The zero-order chi connectivity index (χ0) is 16.6. The Morgan fingerprint density at radius 2 is 2.17 bits per heavy atom. The van der Waals surface area contributed by atoms with Gasteiger partial charge in [-0.2, -0.15) is 5.26 Å². The van der Waals surface area contributed by atoms with E-state index in [0.717, 1.165) is 31.3 Å². The molecule has 3 rings (SSSR count). The highest BCUT2D eigenvalue weighted by Gasteiger charge is 2.52. The Kier molecular flexibility index (Phi) is 4.14. The van der Waals surface area contributed by atoms with Crippen molar-refractivity contribution in [3.05, 3.63) is 23.4 Å². The molecule has 1 fully saturated rings. The highest BCUT2D eigenvalue weighted by atomic mass is 16.1. The molecule has 0 aromatic heterocycles. The summed E-state index contributed by atoms with van der Waals surface area (Å²) in [6.45, 7) is 4.19. The van der Waals surface area contributed by atoms with Crippen molar-refractivity contribution in [3.63, 3.8) is 0 Å². The van der Waals surface area contributed by atoms with Crippen LogP contribution in [0, 0.1) is 34.5 Å². The molecule has 0 aromatic carbocycles. The fraction of sp³-hybridized carbons (Fsp3) is 0.632. The van der Waals surface area contributed by atoms with Crippen LogP contribution in [0.4, 0.5) is 0 Å². The van der Waals surface area contributed by atoms with Crippen LogP contribution in [0.25, 0.3) is 0 Å². The van der Waals surface area contributed by atoms with Crippen molar-refractivity contribution in [2.45, 2.75) is 52.4 Å². The van der Waals surface area contributed by atoms with Gasteiger partial charge in [0.2, 0.25) is 5.91 Å². The third-order valence-electron chi connectivity index (χ3n) is 6.22. The molecule has 1 amide bonds. The monoisotopic (exact) mass is 312 g/mol. The van der Waals surface area contributed by atoms with Crippen LogP contribution in [0.3, 0.4) is 0 Å². The van der Waals surface area contributed by atoms with Crippen LogP contribution in [-0.2, 0) is 9.59 Å². The van der Waals surface area contributed by atoms with Crippen molar-refractivity contribution in [2.75, 3.05) is 0 Å². The number of carbonyl (C=O) groups is 2. The van der Waals surface area contributed by atoms with Crippen LogP contribution in [0.15, 0.2) is 23.4 Å². The third kappa shape index (κ3) is 2.63. The Balaban J connectivity index is 1.99. The van der Waals surface area contributed by atoms with Crippen molar-refractivity contribution in [3.8, 4) is 6.07 Å². The molecule has 4 heteroatoms. The number of rotatable bonds is 2. The number of nitriles is 1. The lowest BCUT2D eigenvalue weighted by atomic mass is 9.52. The molecule has 4 atom stereocenters. The minimum Gasteiger partial charge on any atom is -0.333 e. The van der Waals surface area contributed by atoms with Crippen molar-refractivity contribution in [1.29, 1.82) is 5.26 Å². The molecule has 1 N–H and O–H groups in total. The van der Waals surface area contributed by atoms with E-state index in [1.165, 1.54) is 5.57 Å². The van der Waals surface area contributed by atoms with Crippen LogP contribution >= 0.6 is 0 Å².